The summed E-state index contributed by atoms with van der Waals surface area (Å²) in [7, 11) is 0. The molecular weight excluding hydrogens is 250 g/mol. The van der Waals surface area contributed by atoms with E-state index < -0.39 is 17.9 Å². The van der Waals surface area contributed by atoms with Crippen LogP contribution in [0.2, 0.25) is 0 Å². The molecule has 1 heterocycles. The van der Waals surface area contributed by atoms with Gasteiger partial charge in [-0.15, -0.1) is 0 Å². The smallest absolute Gasteiger partial charge is 0.335 e. The lowest BCUT2D eigenvalue weighted by molar-refractivity contribution is -0.118. The number of imide groups is 1. The van der Waals surface area contributed by atoms with E-state index in [0.29, 0.717) is 12.2 Å². The van der Waals surface area contributed by atoms with E-state index in [0.717, 1.165) is 12.0 Å². The highest BCUT2D eigenvalue weighted by atomic mass is 16.4. The number of anilines is 1. The zero-order valence-electron chi connectivity index (χ0n) is 10.0. The molecule has 0 fully saturated rings. The Labute approximate surface area is 109 Å². The number of carbonyl (C=O) groups excluding carboxylic acids is 2. The molecule has 0 bridgehead atoms. The molecule has 1 aromatic rings. The van der Waals surface area contributed by atoms with Crippen molar-refractivity contribution in [3.8, 4) is 0 Å². The monoisotopic (exact) mass is 263 g/mol. The summed E-state index contributed by atoms with van der Waals surface area (Å²) < 4.78 is 0. The molecule has 0 aromatic heterocycles. The van der Waals surface area contributed by atoms with Crippen LogP contribution < -0.4 is 16.0 Å². The van der Waals surface area contributed by atoms with Crippen LogP contribution in [0.1, 0.15) is 15.9 Å². The van der Waals surface area contributed by atoms with Crippen molar-refractivity contribution in [2.75, 3.05) is 18.0 Å². The summed E-state index contributed by atoms with van der Waals surface area (Å²) in [5, 5.41) is 10.9. The molecule has 0 unspecified atom stereocenters. The summed E-state index contributed by atoms with van der Waals surface area (Å²) in [6.45, 7) is 0.573. The number of primary amides is 1. The minimum atomic E-state index is -1.02. The maximum atomic E-state index is 11.5. The normalized spacial score (nSPS) is 12.9. The van der Waals surface area contributed by atoms with Crippen molar-refractivity contribution < 1.29 is 19.5 Å². The number of urea groups is 1. The summed E-state index contributed by atoms with van der Waals surface area (Å²) >= 11 is 0. The van der Waals surface area contributed by atoms with Crippen LogP contribution in [0.4, 0.5) is 10.5 Å². The van der Waals surface area contributed by atoms with E-state index in [1.807, 2.05) is 5.32 Å². The lowest BCUT2D eigenvalue weighted by Crippen LogP contribution is -2.41. The number of hydrogen-bond donors (Lipinski definition) is 3. The molecule has 0 radical (unpaired) electrons. The van der Waals surface area contributed by atoms with Crippen molar-refractivity contribution in [1.29, 1.82) is 0 Å². The fraction of sp³-hybridized carbons (Fsp3) is 0.250. The number of fused-ring (bicyclic) bond motifs is 1. The zero-order chi connectivity index (χ0) is 14.0. The Morgan fingerprint density at radius 1 is 1.37 bits per heavy atom. The van der Waals surface area contributed by atoms with Crippen molar-refractivity contribution in [2.24, 2.45) is 5.73 Å². The number of aromatic carboxylic acids is 1. The number of hydrogen-bond acceptors (Lipinski definition) is 4. The SMILES string of the molecule is NC(=O)NC(=O)CN1CCc2ccc(C(=O)O)cc21. The van der Waals surface area contributed by atoms with Gasteiger partial charge in [-0.2, -0.15) is 0 Å². The molecule has 0 atom stereocenters. The maximum Gasteiger partial charge on any atom is 0.335 e. The number of carbonyl (C=O) groups is 3. The first-order valence-corrected chi connectivity index (χ1v) is 5.68. The lowest BCUT2D eigenvalue weighted by atomic mass is 10.1. The second kappa shape index (κ2) is 4.97. The molecular formula is C12H13N3O4. The molecule has 1 aliphatic heterocycles. The van der Waals surface area contributed by atoms with Crippen LogP contribution in [0.5, 0.6) is 0 Å². The van der Waals surface area contributed by atoms with Gasteiger partial charge in [0.2, 0.25) is 5.91 Å². The summed E-state index contributed by atoms with van der Waals surface area (Å²) in [4.78, 5) is 34.7. The molecule has 19 heavy (non-hydrogen) atoms. The van der Waals surface area contributed by atoms with Crippen molar-refractivity contribution in [3.63, 3.8) is 0 Å². The van der Waals surface area contributed by atoms with E-state index in [1.165, 1.54) is 12.1 Å². The topological polar surface area (TPSA) is 113 Å². The summed E-state index contributed by atoms with van der Waals surface area (Å²) in [5.74, 6) is -1.53. The van der Waals surface area contributed by atoms with Gasteiger partial charge in [-0.25, -0.2) is 9.59 Å². The fourth-order valence-electron chi connectivity index (χ4n) is 2.09. The Morgan fingerprint density at radius 3 is 2.74 bits per heavy atom. The second-order valence-corrected chi connectivity index (χ2v) is 4.23. The van der Waals surface area contributed by atoms with Gasteiger partial charge in [0, 0.05) is 12.2 Å². The van der Waals surface area contributed by atoms with Gasteiger partial charge in [0.05, 0.1) is 12.1 Å². The van der Waals surface area contributed by atoms with E-state index in [2.05, 4.69) is 0 Å². The molecule has 0 aliphatic carbocycles. The van der Waals surface area contributed by atoms with Crippen LogP contribution in [0.15, 0.2) is 18.2 Å². The van der Waals surface area contributed by atoms with Crippen LogP contribution in [-0.2, 0) is 11.2 Å². The second-order valence-electron chi connectivity index (χ2n) is 4.23. The Morgan fingerprint density at radius 2 is 2.11 bits per heavy atom. The average Bonchev–Trinajstić information content (AvgIpc) is 2.70. The number of rotatable bonds is 3. The quantitative estimate of drug-likeness (QED) is 0.707. The molecule has 3 amide bonds. The third-order valence-electron chi connectivity index (χ3n) is 2.92. The number of amides is 3. The minimum absolute atomic E-state index is 0.0288. The minimum Gasteiger partial charge on any atom is -0.478 e. The Hall–Kier alpha value is -2.57. The Kier molecular flexibility index (Phi) is 3.37. The number of nitrogens with one attached hydrogen (secondary N) is 1. The number of carboxylic acid groups (broad SMARTS) is 1. The molecule has 1 aromatic carbocycles. The molecule has 1 aliphatic rings. The first-order valence-electron chi connectivity index (χ1n) is 5.68. The van der Waals surface area contributed by atoms with Gasteiger partial charge in [-0.3, -0.25) is 10.1 Å². The Balaban J connectivity index is 2.16. The Bertz CT molecular complexity index is 556. The number of nitrogens with two attached hydrogens (primary N) is 1. The van der Waals surface area contributed by atoms with Gasteiger partial charge in [-0.05, 0) is 24.1 Å². The maximum absolute atomic E-state index is 11.5. The highest BCUT2D eigenvalue weighted by Crippen LogP contribution is 2.28. The van der Waals surface area contributed by atoms with Crippen LogP contribution in [0, 0.1) is 0 Å². The standard InChI is InChI=1S/C12H13N3O4/c13-12(19)14-10(16)6-15-4-3-7-1-2-8(11(17)18)5-9(7)15/h1-2,5H,3-4,6H2,(H,17,18)(H3,13,14,16,19). The lowest BCUT2D eigenvalue weighted by Gasteiger charge is -2.18. The van der Waals surface area contributed by atoms with Gasteiger partial charge in [0.25, 0.3) is 0 Å². The van der Waals surface area contributed by atoms with Gasteiger partial charge in [0.1, 0.15) is 0 Å². The number of benzene rings is 1. The van der Waals surface area contributed by atoms with E-state index in [-0.39, 0.29) is 12.1 Å². The van der Waals surface area contributed by atoms with Crippen molar-refractivity contribution in [3.05, 3.63) is 29.3 Å². The first-order chi connectivity index (χ1) is 8.97. The largest absolute Gasteiger partial charge is 0.478 e. The number of carboxylic acids is 1. The predicted molar refractivity (Wildman–Crippen MR) is 67.0 cm³/mol. The van der Waals surface area contributed by atoms with Crippen molar-refractivity contribution in [2.45, 2.75) is 6.42 Å². The molecule has 0 saturated carbocycles. The van der Waals surface area contributed by atoms with Crippen LogP contribution in [0.3, 0.4) is 0 Å². The first kappa shape index (κ1) is 12.9. The summed E-state index contributed by atoms with van der Waals surface area (Å²) in [5.41, 5.74) is 6.72. The van der Waals surface area contributed by atoms with E-state index in [9.17, 15) is 14.4 Å². The van der Waals surface area contributed by atoms with Crippen molar-refractivity contribution in [1.82, 2.24) is 5.32 Å². The van der Waals surface area contributed by atoms with E-state index in [1.54, 1.807) is 11.0 Å². The molecule has 0 spiro atoms. The van der Waals surface area contributed by atoms with Gasteiger partial charge < -0.3 is 15.7 Å². The average molecular weight is 263 g/mol. The van der Waals surface area contributed by atoms with Crippen LogP contribution in [0.25, 0.3) is 0 Å². The fourth-order valence-corrected chi connectivity index (χ4v) is 2.09. The van der Waals surface area contributed by atoms with Gasteiger partial charge in [0.15, 0.2) is 0 Å². The number of nitrogens with zero attached hydrogens (tertiary/aromatic N) is 1. The van der Waals surface area contributed by atoms with Crippen molar-refractivity contribution >= 4 is 23.6 Å². The van der Waals surface area contributed by atoms with Crippen LogP contribution >= 0.6 is 0 Å². The highest BCUT2D eigenvalue weighted by molar-refractivity contribution is 5.96. The summed E-state index contributed by atoms with van der Waals surface area (Å²) in [6, 6.07) is 3.91. The molecule has 2 rings (SSSR count). The van der Waals surface area contributed by atoms with Crippen LogP contribution in [-0.4, -0.2) is 36.1 Å². The molecule has 0 saturated heterocycles. The molecule has 7 heteroatoms. The van der Waals surface area contributed by atoms with E-state index >= 15 is 0 Å². The summed E-state index contributed by atoms with van der Waals surface area (Å²) in [6.07, 6.45) is 0.735. The predicted octanol–water partition coefficient (Wildman–Crippen LogP) is -0.0578. The molecule has 7 nitrogen and oxygen atoms in total. The van der Waals surface area contributed by atoms with Gasteiger partial charge in [-0.1, -0.05) is 6.07 Å². The van der Waals surface area contributed by atoms with E-state index in [4.69, 9.17) is 10.8 Å². The third kappa shape index (κ3) is 2.82. The highest BCUT2D eigenvalue weighted by Gasteiger charge is 2.22. The zero-order valence-corrected chi connectivity index (χ0v) is 10.0. The van der Waals surface area contributed by atoms with Gasteiger partial charge >= 0.3 is 12.0 Å². The molecule has 100 valence electrons. The third-order valence-corrected chi connectivity index (χ3v) is 2.92. The molecule has 4 N–H and O–H groups in total.